The molecule has 0 saturated heterocycles. The Morgan fingerprint density at radius 1 is 1.29 bits per heavy atom. The Morgan fingerprint density at radius 3 is 2.67 bits per heavy atom. The zero-order valence-corrected chi connectivity index (χ0v) is 13.9. The monoisotopic (exact) mass is 314 g/mol. The van der Waals surface area contributed by atoms with Crippen molar-refractivity contribution in [1.82, 2.24) is 10.0 Å². The predicted molar refractivity (Wildman–Crippen MR) is 82.4 cm³/mol. The van der Waals surface area contributed by atoms with E-state index in [1.54, 1.807) is 6.07 Å². The molecule has 1 heterocycles. The highest BCUT2D eigenvalue weighted by molar-refractivity contribution is 7.89. The lowest BCUT2D eigenvalue weighted by Gasteiger charge is -2.34. The van der Waals surface area contributed by atoms with E-state index in [0.717, 1.165) is 0 Å². The SMILES string of the molecule is CNS(=O)(=O)c1ccc(CNC2CCCCC2C(C)C)o1. The van der Waals surface area contributed by atoms with Gasteiger partial charge >= 0.3 is 0 Å². The Morgan fingerprint density at radius 2 is 2.00 bits per heavy atom. The van der Waals surface area contributed by atoms with Crippen LogP contribution >= 0.6 is 0 Å². The number of hydrogen-bond donors (Lipinski definition) is 2. The van der Waals surface area contributed by atoms with Gasteiger partial charge in [0.1, 0.15) is 5.76 Å². The second-order valence-corrected chi connectivity index (χ2v) is 7.93. The Kier molecular flexibility index (Phi) is 5.46. The molecule has 1 aliphatic carbocycles. The van der Waals surface area contributed by atoms with Crippen LogP contribution in [0.4, 0.5) is 0 Å². The molecule has 0 aliphatic heterocycles. The standard InChI is InChI=1S/C15H26N2O3S/c1-11(2)13-6-4-5-7-14(13)17-10-12-8-9-15(20-12)21(18,19)16-3/h8-9,11,13-14,16-17H,4-7,10H2,1-3H3. The molecule has 0 aromatic carbocycles. The van der Waals surface area contributed by atoms with Crippen LogP contribution in [0, 0.1) is 11.8 Å². The molecule has 1 aliphatic rings. The molecule has 1 fully saturated rings. The van der Waals surface area contributed by atoms with Crippen molar-refractivity contribution in [3.63, 3.8) is 0 Å². The smallest absolute Gasteiger partial charge is 0.273 e. The van der Waals surface area contributed by atoms with Crippen molar-refractivity contribution in [3.05, 3.63) is 17.9 Å². The lowest BCUT2D eigenvalue weighted by Crippen LogP contribution is -2.40. The molecule has 1 saturated carbocycles. The highest BCUT2D eigenvalue weighted by Gasteiger charge is 2.27. The van der Waals surface area contributed by atoms with Crippen molar-refractivity contribution in [2.24, 2.45) is 11.8 Å². The molecule has 2 atom stereocenters. The molecule has 0 bridgehead atoms. The summed E-state index contributed by atoms with van der Waals surface area (Å²) in [6.45, 7) is 5.12. The normalized spacial score (nSPS) is 23.6. The maximum atomic E-state index is 11.6. The van der Waals surface area contributed by atoms with Crippen molar-refractivity contribution in [2.75, 3.05) is 7.05 Å². The third-order valence-corrected chi connectivity index (χ3v) is 5.67. The van der Waals surface area contributed by atoms with Gasteiger partial charge in [-0.2, -0.15) is 0 Å². The van der Waals surface area contributed by atoms with Crippen molar-refractivity contribution in [2.45, 2.75) is 57.2 Å². The molecule has 2 N–H and O–H groups in total. The van der Waals surface area contributed by atoms with Crippen molar-refractivity contribution in [1.29, 1.82) is 0 Å². The Labute approximate surface area is 127 Å². The Balaban J connectivity index is 1.96. The molecule has 21 heavy (non-hydrogen) atoms. The minimum Gasteiger partial charge on any atom is -0.447 e. The van der Waals surface area contributed by atoms with Gasteiger partial charge in [0.05, 0.1) is 6.54 Å². The van der Waals surface area contributed by atoms with E-state index in [-0.39, 0.29) is 5.09 Å². The van der Waals surface area contributed by atoms with Crippen molar-refractivity contribution in [3.8, 4) is 0 Å². The zero-order valence-electron chi connectivity index (χ0n) is 13.1. The van der Waals surface area contributed by atoms with Crippen LogP contribution in [0.2, 0.25) is 0 Å². The second kappa shape index (κ2) is 6.94. The van der Waals surface area contributed by atoms with Crippen LogP contribution in [0.3, 0.4) is 0 Å². The molecular weight excluding hydrogens is 288 g/mol. The lowest BCUT2D eigenvalue weighted by atomic mass is 9.78. The largest absolute Gasteiger partial charge is 0.447 e. The first-order valence-corrected chi connectivity index (χ1v) is 9.18. The van der Waals surface area contributed by atoms with E-state index in [0.29, 0.717) is 30.2 Å². The van der Waals surface area contributed by atoms with E-state index in [9.17, 15) is 8.42 Å². The van der Waals surface area contributed by atoms with Gasteiger partial charge < -0.3 is 9.73 Å². The van der Waals surface area contributed by atoms with Gasteiger partial charge in [0, 0.05) is 6.04 Å². The van der Waals surface area contributed by atoms with Gasteiger partial charge in [-0.1, -0.05) is 26.7 Å². The molecular formula is C15H26N2O3S. The molecule has 120 valence electrons. The maximum Gasteiger partial charge on any atom is 0.273 e. The van der Waals surface area contributed by atoms with Crippen LogP contribution in [0.25, 0.3) is 0 Å². The minimum absolute atomic E-state index is 0.0224. The van der Waals surface area contributed by atoms with Crippen LogP contribution in [-0.2, 0) is 16.6 Å². The highest BCUT2D eigenvalue weighted by Crippen LogP contribution is 2.30. The Hall–Kier alpha value is -0.850. The van der Waals surface area contributed by atoms with Gasteiger partial charge in [0.2, 0.25) is 5.09 Å². The van der Waals surface area contributed by atoms with Gasteiger partial charge in [-0.05, 0) is 43.9 Å². The molecule has 2 unspecified atom stereocenters. The van der Waals surface area contributed by atoms with Gasteiger partial charge in [0.15, 0.2) is 0 Å². The van der Waals surface area contributed by atoms with E-state index in [2.05, 4.69) is 23.9 Å². The first-order valence-electron chi connectivity index (χ1n) is 7.69. The number of sulfonamides is 1. The molecule has 5 nitrogen and oxygen atoms in total. The summed E-state index contributed by atoms with van der Waals surface area (Å²) in [5.74, 6) is 2.02. The topological polar surface area (TPSA) is 71.3 Å². The summed E-state index contributed by atoms with van der Waals surface area (Å²) in [5.41, 5.74) is 0. The number of hydrogen-bond acceptors (Lipinski definition) is 4. The second-order valence-electron chi connectivity index (χ2n) is 6.11. The van der Waals surface area contributed by atoms with E-state index in [1.165, 1.54) is 38.8 Å². The van der Waals surface area contributed by atoms with Crippen molar-refractivity contribution >= 4 is 10.0 Å². The molecule has 2 rings (SSSR count). The van der Waals surface area contributed by atoms with E-state index in [4.69, 9.17) is 4.42 Å². The summed E-state index contributed by atoms with van der Waals surface area (Å²) >= 11 is 0. The fourth-order valence-electron chi connectivity index (χ4n) is 3.14. The molecule has 0 spiro atoms. The average molecular weight is 314 g/mol. The van der Waals surface area contributed by atoms with Crippen LogP contribution < -0.4 is 10.0 Å². The third kappa shape index (κ3) is 4.08. The van der Waals surface area contributed by atoms with E-state index >= 15 is 0 Å². The number of rotatable bonds is 6. The molecule has 0 radical (unpaired) electrons. The molecule has 1 aromatic heterocycles. The predicted octanol–water partition coefficient (Wildman–Crippen LogP) is 2.49. The zero-order chi connectivity index (χ0) is 15.5. The van der Waals surface area contributed by atoms with Crippen molar-refractivity contribution < 1.29 is 12.8 Å². The van der Waals surface area contributed by atoms with Crippen LogP contribution in [-0.4, -0.2) is 21.5 Å². The van der Waals surface area contributed by atoms with E-state index < -0.39 is 10.0 Å². The van der Waals surface area contributed by atoms with Gasteiger partial charge in [-0.3, -0.25) is 0 Å². The van der Waals surface area contributed by atoms with Crippen LogP contribution in [0.1, 0.15) is 45.3 Å². The van der Waals surface area contributed by atoms with Gasteiger partial charge in [0.25, 0.3) is 10.0 Å². The summed E-state index contributed by atoms with van der Waals surface area (Å²) in [5, 5.41) is 3.52. The molecule has 0 amide bonds. The summed E-state index contributed by atoms with van der Waals surface area (Å²) in [4.78, 5) is 0. The van der Waals surface area contributed by atoms with Crippen LogP contribution in [0.15, 0.2) is 21.6 Å². The molecule has 1 aromatic rings. The first-order chi connectivity index (χ1) is 9.94. The first kappa shape index (κ1) is 16.5. The fraction of sp³-hybridized carbons (Fsp3) is 0.733. The van der Waals surface area contributed by atoms with Gasteiger partial charge in [-0.15, -0.1) is 0 Å². The fourth-order valence-corrected chi connectivity index (χ4v) is 3.81. The summed E-state index contributed by atoms with van der Waals surface area (Å²) < 4.78 is 30.9. The summed E-state index contributed by atoms with van der Waals surface area (Å²) in [6, 6.07) is 3.72. The number of furan rings is 1. The highest BCUT2D eigenvalue weighted by atomic mass is 32.2. The quantitative estimate of drug-likeness (QED) is 0.846. The minimum atomic E-state index is -3.49. The van der Waals surface area contributed by atoms with Gasteiger partial charge in [-0.25, -0.2) is 13.1 Å². The summed E-state index contributed by atoms with van der Waals surface area (Å²) in [6.07, 6.45) is 5.03. The molecule has 6 heteroatoms. The van der Waals surface area contributed by atoms with E-state index in [1.807, 2.05) is 0 Å². The third-order valence-electron chi connectivity index (χ3n) is 4.38. The summed E-state index contributed by atoms with van der Waals surface area (Å²) in [7, 11) is -2.11. The van der Waals surface area contributed by atoms with Crippen LogP contribution in [0.5, 0.6) is 0 Å². The average Bonchev–Trinajstić information content (AvgIpc) is 2.95. The lowest BCUT2D eigenvalue weighted by molar-refractivity contribution is 0.200. The Bertz CT molecular complexity index is 551. The number of nitrogens with one attached hydrogen (secondary N) is 2. The maximum absolute atomic E-state index is 11.6.